The summed E-state index contributed by atoms with van der Waals surface area (Å²) in [4.78, 5) is 0. The van der Waals surface area contributed by atoms with Gasteiger partial charge >= 0.3 is 133 Å². The van der Waals surface area contributed by atoms with Crippen LogP contribution in [0.2, 0.25) is 0 Å². The molecule has 0 saturated heterocycles. The van der Waals surface area contributed by atoms with Gasteiger partial charge in [-0.15, -0.1) is 0 Å². The topological polar surface area (TPSA) is 0 Å². The van der Waals surface area contributed by atoms with Gasteiger partial charge in [0.25, 0.3) is 0 Å². The van der Waals surface area contributed by atoms with Crippen molar-refractivity contribution in [3.05, 3.63) is 77.4 Å². The molecule has 1 aromatic heterocycles. The predicted molar refractivity (Wildman–Crippen MR) is 92.9 cm³/mol. The van der Waals surface area contributed by atoms with Crippen LogP contribution in [0.4, 0.5) is 0 Å². The van der Waals surface area contributed by atoms with Crippen molar-refractivity contribution < 1.29 is 0 Å². The molecule has 0 aliphatic carbocycles. The fourth-order valence-electron chi connectivity index (χ4n) is 2.35. The van der Waals surface area contributed by atoms with E-state index in [4.69, 9.17) is 0 Å². The van der Waals surface area contributed by atoms with Crippen LogP contribution in [0.15, 0.2) is 60.7 Å². The fraction of sp³-hybridized carbons (Fsp3) is 0.150. The maximum atomic E-state index is 2.34. The molecule has 3 rings (SSSR count). The van der Waals surface area contributed by atoms with E-state index >= 15 is 0 Å². The van der Waals surface area contributed by atoms with Crippen LogP contribution in [0.5, 0.6) is 0 Å². The Kier molecular flexibility index (Phi) is 4.05. The van der Waals surface area contributed by atoms with Crippen molar-refractivity contribution in [2.45, 2.75) is 20.8 Å². The molecule has 21 heavy (non-hydrogen) atoms. The first kappa shape index (κ1) is 14.3. The number of benzene rings is 2. The average molecular weight is 338 g/mol. The SMILES string of the molecule is Cc1ccc(-c2cc(C)cc(-c3ccc(C)cc3)[se+]2)cc1. The van der Waals surface area contributed by atoms with Gasteiger partial charge in [0.15, 0.2) is 0 Å². The Hall–Kier alpha value is -1.69. The Labute approximate surface area is 132 Å². The monoisotopic (exact) mass is 339 g/mol. The molecule has 3 aromatic rings. The van der Waals surface area contributed by atoms with E-state index in [0.717, 1.165) is 0 Å². The number of hydrogen-bond acceptors (Lipinski definition) is 0. The molecule has 0 radical (unpaired) electrons. The van der Waals surface area contributed by atoms with Crippen molar-refractivity contribution in [1.82, 2.24) is 0 Å². The minimum atomic E-state index is 0.365. The van der Waals surface area contributed by atoms with Crippen LogP contribution in [-0.2, 0) is 0 Å². The normalized spacial score (nSPS) is 10.6. The van der Waals surface area contributed by atoms with E-state index in [1.165, 1.54) is 36.7 Å². The summed E-state index contributed by atoms with van der Waals surface area (Å²) in [5.74, 6) is 0. The molecule has 0 unspecified atom stereocenters. The van der Waals surface area contributed by atoms with Crippen LogP contribution in [0, 0.1) is 20.8 Å². The van der Waals surface area contributed by atoms with Crippen LogP contribution < -0.4 is 0 Å². The van der Waals surface area contributed by atoms with Crippen LogP contribution in [-0.4, -0.2) is 14.5 Å². The first-order valence-electron chi connectivity index (χ1n) is 7.21. The van der Waals surface area contributed by atoms with Crippen molar-refractivity contribution in [1.29, 1.82) is 0 Å². The molecule has 0 spiro atoms. The molecular formula is C20H19Se+. The maximum absolute atomic E-state index is 2.34. The van der Waals surface area contributed by atoms with E-state index in [1.807, 2.05) is 0 Å². The summed E-state index contributed by atoms with van der Waals surface area (Å²) >= 11 is 0.365. The zero-order valence-electron chi connectivity index (χ0n) is 12.7. The molecule has 0 amide bonds. The molecular weight excluding hydrogens is 319 g/mol. The first-order valence-corrected chi connectivity index (χ1v) is 8.92. The molecule has 0 atom stereocenters. The molecule has 0 N–H and O–H groups in total. The number of rotatable bonds is 2. The van der Waals surface area contributed by atoms with Crippen molar-refractivity contribution in [2.24, 2.45) is 0 Å². The molecule has 0 bridgehead atoms. The Balaban J connectivity index is 2.07. The second-order valence-corrected chi connectivity index (χ2v) is 7.87. The third-order valence-corrected chi connectivity index (χ3v) is 6.02. The zero-order valence-corrected chi connectivity index (χ0v) is 14.4. The molecule has 2 aromatic carbocycles. The van der Waals surface area contributed by atoms with E-state index in [9.17, 15) is 0 Å². The Morgan fingerprint density at radius 3 is 1.29 bits per heavy atom. The fourth-order valence-corrected chi connectivity index (χ4v) is 4.94. The van der Waals surface area contributed by atoms with Crippen molar-refractivity contribution >= 4 is 14.5 Å². The summed E-state index contributed by atoms with van der Waals surface area (Å²) in [7, 11) is 0. The quantitative estimate of drug-likeness (QED) is 0.558. The van der Waals surface area contributed by atoms with E-state index in [0.29, 0.717) is 14.5 Å². The van der Waals surface area contributed by atoms with Crippen molar-refractivity contribution in [3.63, 3.8) is 0 Å². The van der Waals surface area contributed by atoms with Crippen LogP contribution >= 0.6 is 0 Å². The minimum absolute atomic E-state index is 0.365. The van der Waals surface area contributed by atoms with Gasteiger partial charge in [-0.25, -0.2) is 0 Å². The molecule has 0 aliphatic rings. The van der Waals surface area contributed by atoms with E-state index in [1.54, 1.807) is 0 Å². The molecule has 0 aliphatic heterocycles. The predicted octanol–water partition coefficient (Wildman–Crippen LogP) is 5.28. The average Bonchev–Trinajstić information content (AvgIpc) is 2.48. The Morgan fingerprint density at radius 2 is 0.905 bits per heavy atom. The summed E-state index contributed by atoms with van der Waals surface area (Å²) < 4.78 is 2.94. The molecule has 1 heteroatoms. The van der Waals surface area contributed by atoms with Gasteiger partial charge < -0.3 is 0 Å². The molecule has 1 heterocycles. The third kappa shape index (κ3) is 3.32. The van der Waals surface area contributed by atoms with Crippen LogP contribution in [0.1, 0.15) is 16.7 Å². The van der Waals surface area contributed by atoms with Crippen LogP contribution in [0.3, 0.4) is 0 Å². The summed E-state index contributed by atoms with van der Waals surface area (Å²) in [5.41, 5.74) is 6.69. The second-order valence-electron chi connectivity index (χ2n) is 5.60. The van der Waals surface area contributed by atoms with Gasteiger partial charge in [-0.3, -0.25) is 0 Å². The van der Waals surface area contributed by atoms with Gasteiger partial charge in [0.2, 0.25) is 0 Å². The molecule has 0 saturated carbocycles. The summed E-state index contributed by atoms with van der Waals surface area (Å²) in [5, 5.41) is 0. The van der Waals surface area contributed by atoms with Gasteiger partial charge in [0.05, 0.1) is 0 Å². The molecule has 0 nitrogen and oxygen atoms in total. The molecule has 0 fully saturated rings. The summed E-state index contributed by atoms with van der Waals surface area (Å²) in [6.45, 7) is 6.47. The number of aryl methyl sites for hydroxylation is 3. The summed E-state index contributed by atoms with van der Waals surface area (Å²) in [6, 6.07) is 22.4. The van der Waals surface area contributed by atoms with E-state index in [2.05, 4.69) is 81.4 Å². The van der Waals surface area contributed by atoms with E-state index < -0.39 is 0 Å². The van der Waals surface area contributed by atoms with Gasteiger partial charge in [-0.05, 0) is 0 Å². The zero-order chi connectivity index (χ0) is 14.8. The second kappa shape index (κ2) is 5.97. The van der Waals surface area contributed by atoms with Crippen molar-refractivity contribution in [3.8, 4) is 20.0 Å². The molecule has 104 valence electrons. The Bertz CT molecular complexity index is 689. The first-order chi connectivity index (χ1) is 10.1. The van der Waals surface area contributed by atoms with Gasteiger partial charge in [-0.2, -0.15) is 0 Å². The van der Waals surface area contributed by atoms with Gasteiger partial charge in [0.1, 0.15) is 0 Å². The number of hydrogen-bond donors (Lipinski definition) is 0. The van der Waals surface area contributed by atoms with E-state index in [-0.39, 0.29) is 0 Å². The third-order valence-electron chi connectivity index (χ3n) is 3.61. The van der Waals surface area contributed by atoms with Crippen LogP contribution in [0.25, 0.3) is 20.0 Å². The Morgan fingerprint density at radius 1 is 0.524 bits per heavy atom. The van der Waals surface area contributed by atoms with Gasteiger partial charge in [-0.1, -0.05) is 0 Å². The van der Waals surface area contributed by atoms with Crippen molar-refractivity contribution in [2.75, 3.05) is 0 Å². The standard InChI is InChI=1S/C20H19Se/c1-14-4-8-17(9-5-14)19-12-16(3)13-20(21-19)18-10-6-15(2)7-11-18/h4-13H,1-3H3/q+1. The summed E-state index contributed by atoms with van der Waals surface area (Å²) in [6.07, 6.45) is 0. The van der Waals surface area contributed by atoms with Gasteiger partial charge in [0, 0.05) is 0 Å².